The van der Waals surface area contributed by atoms with Crippen LogP contribution in [-0.2, 0) is 6.42 Å². The van der Waals surface area contributed by atoms with Gasteiger partial charge in [-0.3, -0.25) is 4.90 Å². The number of piperazine rings is 1. The summed E-state index contributed by atoms with van der Waals surface area (Å²) in [6, 6.07) is 14.3. The molecule has 0 amide bonds. The maximum absolute atomic E-state index is 13.3. The first-order chi connectivity index (χ1) is 15.1. The fourth-order valence-corrected chi connectivity index (χ4v) is 3.92. The van der Waals surface area contributed by atoms with E-state index in [2.05, 4.69) is 56.7 Å². The van der Waals surface area contributed by atoms with Crippen LogP contribution >= 0.6 is 0 Å². The highest BCUT2D eigenvalue weighted by molar-refractivity contribution is 5.61. The summed E-state index contributed by atoms with van der Waals surface area (Å²) in [6.45, 7) is 6.85. The van der Waals surface area contributed by atoms with Gasteiger partial charge >= 0.3 is 0 Å². The van der Waals surface area contributed by atoms with Gasteiger partial charge in [-0.2, -0.15) is 0 Å². The molecule has 2 N–H and O–H groups in total. The van der Waals surface area contributed by atoms with Gasteiger partial charge in [-0.05, 0) is 48.7 Å². The molecule has 0 radical (unpaired) electrons. The quantitative estimate of drug-likeness (QED) is 0.601. The maximum Gasteiger partial charge on any atom is 0.223 e. The lowest BCUT2D eigenvalue weighted by atomic mass is 10.0. The van der Waals surface area contributed by atoms with Crippen molar-refractivity contribution >= 4 is 5.95 Å². The SMILES string of the molecule is CC(c1cccc(-c2ccnc(NCCc3cc(F)cc(F)c3)n2)c1)N1CCNCC1. The van der Waals surface area contributed by atoms with Crippen LogP contribution in [0.5, 0.6) is 0 Å². The Kier molecular flexibility index (Phi) is 6.84. The lowest BCUT2D eigenvalue weighted by Crippen LogP contribution is -2.44. The van der Waals surface area contributed by atoms with Crippen molar-refractivity contribution < 1.29 is 8.78 Å². The average molecular weight is 424 g/mol. The second-order valence-corrected chi connectivity index (χ2v) is 7.81. The number of aromatic nitrogens is 2. The molecule has 31 heavy (non-hydrogen) atoms. The summed E-state index contributed by atoms with van der Waals surface area (Å²) in [5.74, 6) is -0.638. The van der Waals surface area contributed by atoms with E-state index in [1.54, 1.807) is 6.20 Å². The standard InChI is InChI=1S/C24H27F2N5/c1-17(31-11-9-27-10-12-31)19-3-2-4-20(15-19)23-6-8-29-24(30-23)28-7-5-18-13-21(25)16-22(26)14-18/h2-4,6,8,13-17,27H,5,7,9-12H2,1H3,(H,28,29,30). The highest BCUT2D eigenvalue weighted by atomic mass is 19.1. The molecule has 3 aromatic rings. The number of hydrogen-bond acceptors (Lipinski definition) is 5. The zero-order valence-electron chi connectivity index (χ0n) is 17.6. The number of nitrogens with zero attached hydrogens (tertiary/aromatic N) is 3. The van der Waals surface area contributed by atoms with Gasteiger partial charge in [0, 0.05) is 56.6 Å². The van der Waals surface area contributed by atoms with Gasteiger partial charge in [-0.1, -0.05) is 18.2 Å². The first kappa shape index (κ1) is 21.3. The van der Waals surface area contributed by atoms with E-state index in [4.69, 9.17) is 0 Å². The van der Waals surface area contributed by atoms with Crippen LogP contribution in [0.3, 0.4) is 0 Å². The van der Waals surface area contributed by atoms with Gasteiger partial charge in [0.05, 0.1) is 5.69 Å². The third-order valence-electron chi connectivity index (χ3n) is 5.64. The maximum atomic E-state index is 13.3. The van der Waals surface area contributed by atoms with E-state index in [0.29, 0.717) is 30.5 Å². The largest absolute Gasteiger partial charge is 0.354 e. The topological polar surface area (TPSA) is 53.1 Å². The number of nitrogens with one attached hydrogen (secondary N) is 2. The molecule has 2 heterocycles. The van der Waals surface area contributed by atoms with Crippen LogP contribution in [0.25, 0.3) is 11.3 Å². The average Bonchev–Trinajstić information content (AvgIpc) is 2.79. The number of benzene rings is 2. The van der Waals surface area contributed by atoms with Crippen molar-refractivity contribution in [2.75, 3.05) is 38.0 Å². The molecule has 1 fully saturated rings. The zero-order chi connectivity index (χ0) is 21.6. The van der Waals surface area contributed by atoms with Crippen LogP contribution < -0.4 is 10.6 Å². The van der Waals surface area contributed by atoms with Crippen molar-refractivity contribution in [1.82, 2.24) is 20.2 Å². The predicted molar refractivity (Wildman–Crippen MR) is 119 cm³/mol. The lowest BCUT2D eigenvalue weighted by Gasteiger charge is -2.33. The Morgan fingerprint density at radius 3 is 2.61 bits per heavy atom. The van der Waals surface area contributed by atoms with Gasteiger partial charge in [0.1, 0.15) is 11.6 Å². The lowest BCUT2D eigenvalue weighted by molar-refractivity contribution is 0.185. The summed E-state index contributed by atoms with van der Waals surface area (Å²) in [5.41, 5.74) is 3.73. The minimum Gasteiger partial charge on any atom is -0.354 e. The Balaban J connectivity index is 1.43. The molecule has 1 aromatic heterocycles. The summed E-state index contributed by atoms with van der Waals surface area (Å²) in [4.78, 5) is 11.4. The molecule has 1 atom stereocenters. The van der Waals surface area contributed by atoms with Crippen molar-refractivity contribution in [3.8, 4) is 11.3 Å². The molecule has 1 saturated heterocycles. The monoisotopic (exact) mass is 423 g/mol. The molecule has 0 saturated carbocycles. The van der Waals surface area contributed by atoms with Gasteiger partial charge in [0.15, 0.2) is 0 Å². The van der Waals surface area contributed by atoms with Crippen LogP contribution in [0, 0.1) is 11.6 Å². The van der Waals surface area contributed by atoms with Crippen molar-refractivity contribution in [1.29, 1.82) is 0 Å². The summed E-state index contributed by atoms with van der Waals surface area (Å²) in [7, 11) is 0. The first-order valence-electron chi connectivity index (χ1n) is 10.7. The minimum absolute atomic E-state index is 0.341. The van der Waals surface area contributed by atoms with Crippen molar-refractivity contribution in [2.24, 2.45) is 0 Å². The molecule has 5 nitrogen and oxygen atoms in total. The van der Waals surface area contributed by atoms with Gasteiger partial charge < -0.3 is 10.6 Å². The summed E-state index contributed by atoms with van der Waals surface area (Å²) < 4.78 is 26.7. The Labute approximate surface area is 181 Å². The molecule has 2 aromatic carbocycles. The first-order valence-corrected chi connectivity index (χ1v) is 10.7. The fourth-order valence-electron chi connectivity index (χ4n) is 3.92. The number of anilines is 1. The van der Waals surface area contributed by atoms with Crippen LogP contribution in [0.4, 0.5) is 14.7 Å². The fraction of sp³-hybridized carbons (Fsp3) is 0.333. The number of hydrogen-bond donors (Lipinski definition) is 2. The Morgan fingerprint density at radius 1 is 1.06 bits per heavy atom. The van der Waals surface area contributed by atoms with Crippen molar-refractivity contribution in [2.45, 2.75) is 19.4 Å². The van der Waals surface area contributed by atoms with Crippen molar-refractivity contribution in [3.63, 3.8) is 0 Å². The molecule has 1 aliphatic rings. The minimum atomic E-state index is -0.567. The summed E-state index contributed by atoms with van der Waals surface area (Å²) >= 11 is 0. The van der Waals surface area contributed by atoms with E-state index < -0.39 is 11.6 Å². The molecular weight excluding hydrogens is 396 g/mol. The van der Waals surface area contributed by atoms with Crippen LogP contribution in [0.2, 0.25) is 0 Å². The zero-order valence-corrected chi connectivity index (χ0v) is 17.6. The van der Waals surface area contributed by atoms with E-state index in [1.165, 1.54) is 17.7 Å². The van der Waals surface area contributed by atoms with Crippen LogP contribution in [0.1, 0.15) is 24.1 Å². The van der Waals surface area contributed by atoms with Crippen LogP contribution in [0.15, 0.2) is 54.7 Å². The molecule has 4 rings (SSSR count). The highest BCUT2D eigenvalue weighted by Crippen LogP contribution is 2.25. The molecule has 1 unspecified atom stereocenters. The number of rotatable bonds is 7. The third kappa shape index (κ3) is 5.62. The van der Waals surface area contributed by atoms with E-state index in [-0.39, 0.29) is 0 Å². The smallest absolute Gasteiger partial charge is 0.223 e. The molecule has 162 valence electrons. The summed E-state index contributed by atoms with van der Waals surface area (Å²) in [5, 5.41) is 6.54. The molecule has 0 aliphatic carbocycles. The highest BCUT2D eigenvalue weighted by Gasteiger charge is 2.18. The van der Waals surface area contributed by atoms with E-state index in [1.807, 2.05) is 6.07 Å². The van der Waals surface area contributed by atoms with Crippen LogP contribution in [-0.4, -0.2) is 47.6 Å². The molecule has 1 aliphatic heterocycles. The predicted octanol–water partition coefficient (Wildman–Crippen LogP) is 4.04. The Hall–Kier alpha value is -2.90. The van der Waals surface area contributed by atoms with Gasteiger partial charge in [0.25, 0.3) is 0 Å². The molecule has 7 heteroatoms. The van der Waals surface area contributed by atoms with Gasteiger partial charge in [-0.25, -0.2) is 18.7 Å². The van der Waals surface area contributed by atoms with Gasteiger partial charge in [0.2, 0.25) is 5.95 Å². The molecule has 0 spiro atoms. The Morgan fingerprint density at radius 2 is 1.84 bits per heavy atom. The number of halogens is 2. The van der Waals surface area contributed by atoms with E-state index in [0.717, 1.165) is 43.5 Å². The second kappa shape index (κ2) is 9.94. The Bertz CT molecular complexity index is 1000. The third-order valence-corrected chi connectivity index (χ3v) is 5.64. The molecular formula is C24H27F2N5. The van der Waals surface area contributed by atoms with Crippen molar-refractivity contribution in [3.05, 3.63) is 77.5 Å². The summed E-state index contributed by atoms with van der Waals surface area (Å²) in [6.07, 6.45) is 2.19. The van der Waals surface area contributed by atoms with E-state index >= 15 is 0 Å². The normalized spacial score (nSPS) is 15.6. The second-order valence-electron chi connectivity index (χ2n) is 7.81. The van der Waals surface area contributed by atoms with Gasteiger partial charge in [-0.15, -0.1) is 0 Å². The van der Waals surface area contributed by atoms with E-state index in [9.17, 15) is 8.78 Å². The molecule has 0 bridgehead atoms.